The van der Waals surface area contributed by atoms with Crippen LogP contribution in [0.25, 0.3) is 0 Å². The number of nitrogens with zero attached hydrogens (tertiary/aromatic N) is 2. The van der Waals surface area contributed by atoms with Crippen molar-refractivity contribution in [2.75, 3.05) is 16.3 Å². The molecule has 1 saturated carbocycles. The van der Waals surface area contributed by atoms with Gasteiger partial charge >= 0.3 is 0 Å². The molecule has 6 rings (SSSR count). The van der Waals surface area contributed by atoms with Gasteiger partial charge in [0.2, 0.25) is 5.91 Å². The SMILES string of the molecule is NCc1cccc(C2CCCCN2c2ccc(N3C(=O)C4CCC3CC4)cc2)c1. The molecule has 0 radical (unpaired) electrons. The van der Waals surface area contributed by atoms with E-state index in [9.17, 15) is 4.79 Å². The Morgan fingerprint density at radius 3 is 2.38 bits per heavy atom. The zero-order chi connectivity index (χ0) is 19.8. The second-order valence-corrected chi connectivity index (χ2v) is 8.88. The van der Waals surface area contributed by atoms with Gasteiger partial charge in [0.1, 0.15) is 0 Å². The monoisotopic (exact) mass is 389 g/mol. The Balaban J connectivity index is 1.40. The number of hydrogen-bond donors (Lipinski definition) is 1. The van der Waals surface area contributed by atoms with Crippen molar-refractivity contribution in [3.8, 4) is 0 Å². The molecule has 1 atom stereocenters. The van der Waals surface area contributed by atoms with E-state index in [1.54, 1.807) is 0 Å². The minimum Gasteiger partial charge on any atom is -0.364 e. The molecular formula is C25H31N3O. The summed E-state index contributed by atoms with van der Waals surface area (Å²) in [6.07, 6.45) is 8.13. The molecule has 2 aromatic rings. The lowest BCUT2D eigenvalue weighted by atomic mass is 9.79. The molecule has 2 aromatic carbocycles. The highest BCUT2D eigenvalue weighted by molar-refractivity contribution is 5.97. The van der Waals surface area contributed by atoms with Gasteiger partial charge in [-0.15, -0.1) is 0 Å². The average Bonchev–Trinajstić information content (AvgIpc) is 2.80. The summed E-state index contributed by atoms with van der Waals surface area (Å²) in [5.41, 5.74) is 10.8. The summed E-state index contributed by atoms with van der Waals surface area (Å²) in [7, 11) is 0. The molecule has 1 unspecified atom stereocenters. The van der Waals surface area contributed by atoms with Gasteiger partial charge in [0, 0.05) is 36.4 Å². The smallest absolute Gasteiger partial charge is 0.230 e. The van der Waals surface area contributed by atoms with Gasteiger partial charge in [-0.1, -0.05) is 24.3 Å². The van der Waals surface area contributed by atoms with Crippen LogP contribution in [-0.2, 0) is 11.3 Å². The van der Waals surface area contributed by atoms with Crippen LogP contribution in [0, 0.1) is 5.92 Å². The molecule has 3 aliphatic heterocycles. The topological polar surface area (TPSA) is 49.6 Å². The highest BCUT2D eigenvalue weighted by Crippen LogP contribution is 2.40. The Labute approximate surface area is 173 Å². The maximum Gasteiger partial charge on any atom is 0.230 e. The van der Waals surface area contributed by atoms with Crippen molar-refractivity contribution in [3.05, 3.63) is 59.7 Å². The third-order valence-electron chi connectivity index (χ3n) is 7.18. The van der Waals surface area contributed by atoms with Gasteiger partial charge in [-0.25, -0.2) is 0 Å². The predicted molar refractivity (Wildman–Crippen MR) is 118 cm³/mol. The Bertz CT molecular complexity index is 870. The van der Waals surface area contributed by atoms with Gasteiger partial charge in [0.15, 0.2) is 0 Å². The number of benzene rings is 2. The van der Waals surface area contributed by atoms with Crippen LogP contribution in [0.1, 0.15) is 62.1 Å². The lowest BCUT2D eigenvalue weighted by Crippen LogP contribution is -2.52. The number of nitrogens with two attached hydrogens (primary N) is 1. The van der Waals surface area contributed by atoms with Crippen molar-refractivity contribution in [2.45, 2.75) is 63.6 Å². The Morgan fingerprint density at radius 2 is 1.66 bits per heavy atom. The van der Waals surface area contributed by atoms with E-state index >= 15 is 0 Å². The van der Waals surface area contributed by atoms with Crippen LogP contribution < -0.4 is 15.5 Å². The Kier molecular flexibility index (Phi) is 5.04. The number of amides is 1. The number of fused-ring (bicyclic) bond motifs is 3. The molecule has 152 valence electrons. The first kappa shape index (κ1) is 18.7. The Hall–Kier alpha value is -2.33. The summed E-state index contributed by atoms with van der Waals surface area (Å²) in [6, 6.07) is 18.3. The molecule has 4 heteroatoms. The molecule has 2 N–H and O–H groups in total. The van der Waals surface area contributed by atoms with E-state index in [4.69, 9.17) is 5.73 Å². The lowest BCUT2D eigenvalue weighted by Gasteiger charge is -2.45. The standard InChI is InChI=1S/C25H31N3O/c26-17-18-4-3-5-20(16-18)24-6-1-2-15-27(24)21-11-13-23(14-12-21)28-22-9-7-19(8-10-22)25(28)29/h3-5,11-14,16,19,22,24H,1-2,6-10,15,17,26H2. The van der Waals surface area contributed by atoms with E-state index in [0.717, 1.165) is 37.9 Å². The Morgan fingerprint density at radius 1 is 0.897 bits per heavy atom. The predicted octanol–water partition coefficient (Wildman–Crippen LogP) is 4.78. The fourth-order valence-corrected chi connectivity index (χ4v) is 5.61. The van der Waals surface area contributed by atoms with Gasteiger partial charge in [-0.2, -0.15) is 0 Å². The first-order valence-electron chi connectivity index (χ1n) is 11.2. The molecule has 3 heterocycles. The van der Waals surface area contributed by atoms with E-state index in [-0.39, 0.29) is 5.92 Å². The number of rotatable bonds is 4. The van der Waals surface area contributed by atoms with Crippen LogP contribution in [0.3, 0.4) is 0 Å². The molecule has 3 saturated heterocycles. The van der Waals surface area contributed by atoms with Crippen molar-refractivity contribution >= 4 is 17.3 Å². The summed E-state index contributed by atoms with van der Waals surface area (Å²) in [4.78, 5) is 17.4. The summed E-state index contributed by atoms with van der Waals surface area (Å²) >= 11 is 0. The maximum absolute atomic E-state index is 12.8. The number of carbonyl (C=O) groups is 1. The molecule has 4 aliphatic rings. The van der Waals surface area contributed by atoms with Gasteiger partial charge < -0.3 is 15.5 Å². The first-order valence-corrected chi connectivity index (χ1v) is 11.2. The quantitative estimate of drug-likeness (QED) is 0.818. The van der Waals surface area contributed by atoms with Crippen molar-refractivity contribution in [1.82, 2.24) is 0 Å². The van der Waals surface area contributed by atoms with Gasteiger partial charge in [-0.3, -0.25) is 4.79 Å². The third-order valence-corrected chi connectivity index (χ3v) is 7.18. The molecule has 1 aliphatic carbocycles. The lowest BCUT2D eigenvalue weighted by molar-refractivity contribution is -0.126. The first-order chi connectivity index (χ1) is 14.2. The average molecular weight is 390 g/mol. The molecule has 4 fully saturated rings. The molecule has 4 nitrogen and oxygen atoms in total. The van der Waals surface area contributed by atoms with Crippen molar-refractivity contribution < 1.29 is 4.79 Å². The number of hydrogen-bond acceptors (Lipinski definition) is 3. The summed E-state index contributed by atoms with van der Waals surface area (Å²) in [5, 5.41) is 0. The van der Waals surface area contributed by atoms with E-state index in [2.05, 4.69) is 58.3 Å². The highest BCUT2D eigenvalue weighted by Gasteiger charge is 2.40. The van der Waals surface area contributed by atoms with Gasteiger partial charge in [-0.05, 0) is 80.3 Å². The molecule has 1 amide bonds. The number of carbonyl (C=O) groups excluding carboxylic acids is 1. The number of anilines is 2. The summed E-state index contributed by atoms with van der Waals surface area (Å²) < 4.78 is 0. The van der Waals surface area contributed by atoms with E-state index in [0.29, 0.717) is 24.5 Å². The zero-order valence-corrected chi connectivity index (χ0v) is 17.1. The number of piperidine rings is 3. The molecule has 0 aromatic heterocycles. The van der Waals surface area contributed by atoms with Crippen LogP contribution in [-0.4, -0.2) is 18.5 Å². The summed E-state index contributed by atoms with van der Waals surface area (Å²) in [5.74, 6) is 0.593. The van der Waals surface area contributed by atoms with Gasteiger partial charge in [0.05, 0.1) is 6.04 Å². The largest absolute Gasteiger partial charge is 0.364 e. The molecule has 2 bridgehead atoms. The van der Waals surface area contributed by atoms with Crippen molar-refractivity contribution in [3.63, 3.8) is 0 Å². The van der Waals surface area contributed by atoms with Crippen LogP contribution in [0.2, 0.25) is 0 Å². The van der Waals surface area contributed by atoms with Crippen LogP contribution in [0.4, 0.5) is 11.4 Å². The maximum atomic E-state index is 12.8. The van der Waals surface area contributed by atoms with Crippen molar-refractivity contribution in [1.29, 1.82) is 0 Å². The highest BCUT2D eigenvalue weighted by atomic mass is 16.2. The molecular weight excluding hydrogens is 358 g/mol. The fraction of sp³-hybridized carbons (Fsp3) is 0.480. The second-order valence-electron chi connectivity index (χ2n) is 8.88. The minimum absolute atomic E-state index is 0.251. The van der Waals surface area contributed by atoms with E-state index < -0.39 is 0 Å². The van der Waals surface area contributed by atoms with Gasteiger partial charge in [0.25, 0.3) is 0 Å². The normalized spacial score (nSPS) is 26.8. The molecule has 0 spiro atoms. The third kappa shape index (κ3) is 3.44. The van der Waals surface area contributed by atoms with Crippen LogP contribution in [0.5, 0.6) is 0 Å². The summed E-state index contributed by atoms with van der Waals surface area (Å²) in [6.45, 7) is 1.66. The van der Waals surface area contributed by atoms with Crippen LogP contribution in [0.15, 0.2) is 48.5 Å². The zero-order valence-electron chi connectivity index (χ0n) is 17.1. The van der Waals surface area contributed by atoms with E-state index in [1.807, 2.05) is 0 Å². The van der Waals surface area contributed by atoms with Crippen LogP contribution >= 0.6 is 0 Å². The second kappa shape index (κ2) is 7.83. The van der Waals surface area contributed by atoms with Crippen molar-refractivity contribution in [2.24, 2.45) is 11.7 Å². The minimum atomic E-state index is 0.251. The molecule has 29 heavy (non-hydrogen) atoms. The fourth-order valence-electron chi connectivity index (χ4n) is 5.61. The van der Waals surface area contributed by atoms with E-state index in [1.165, 1.54) is 36.1 Å².